The topological polar surface area (TPSA) is 101 Å². The van der Waals surface area contributed by atoms with E-state index < -0.39 is 18.1 Å². The summed E-state index contributed by atoms with van der Waals surface area (Å²) in [6.07, 6.45) is 1.05. The van der Waals surface area contributed by atoms with Crippen LogP contribution < -0.4 is 0 Å². The van der Waals surface area contributed by atoms with Crippen LogP contribution in [0.1, 0.15) is 44.1 Å². The number of urea groups is 1. The quantitative estimate of drug-likeness (QED) is 0.620. The van der Waals surface area contributed by atoms with Crippen molar-refractivity contribution in [2.45, 2.75) is 55.8 Å². The van der Waals surface area contributed by atoms with Crippen molar-refractivity contribution in [3.63, 3.8) is 0 Å². The molecule has 2 saturated carbocycles. The highest BCUT2D eigenvalue weighted by Crippen LogP contribution is 2.49. The number of aliphatic carboxylic acids is 2. The van der Waals surface area contributed by atoms with Crippen LogP contribution in [0.2, 0.25) is 0 Å². The molecule has 1 saturated heterocycles. The van der Waals surface area contributed by atoms with Gasteiger partial charge in [-0.3, -0.25) is 9.69 Å². The molecule has 2 amide bonds. The fourth-order valence-corrected chi connectivity index (χ4v) is 5.30. The SMILES string of the molecule is CN(C)[C@]1(c2ccccc2)CC[C@]2(CC1)CN(CC(=O)O)C(=O)N2CC1CC1.O=C(O)C(F)(F)F. The summed E-state index contributed by atoms with van der Waals surface area (Å²) in [5.41, 5.74) is 1.08. The Labute approximate surface area is 202 Å². The molecule has 1 aromatic carbocycles. The van der Waals surface area contributed by atoms with E-state index >= 15 is 0 Å². The molecule has 3 fully saturated rings. The van der Waals surface area contributed by atoms with E-state index in [-0.39, 0.29) is 23.7 Å². The van der Waals surface area contributed by atoms with Crippen molar-refractivity contribution in [3.8, 4) is 0 Å². The molecule has 2 aliphatic carbocycles. The summed E-state index contributed by atoms with van der Waals surface area (Å²) in [4.78, 5) is 39.1. The molecule has 0 unspecified atom stereocenters. The predicted octanol–water partition coefficient (Wildman–Crippen LogP) is 3.62. The number of carboxylic acids is 2. The van der Waals surface area contributed by atoms with Crippen LogP contribution in [0.5, 0.6) is 0 Å². The van der Waals surface area contributed by atoms with Crippen LogP contribution in [0.3, 0.4) is 0 Å². The Morgan fingerprint density at radius 3 is 2.03 bits per heavy atom. The highest BCUT2D eigenvalue weighted by Gasteiger charge is 2.55. The number of rotatable bonds is 6. The number of carboxylic acid groups (broad SMARTS) is 2. The summed E-state index contributed by atoms with van der Waals surface area (Å²) >= 11 is 0. The third-order valence-corrected chi connectivity index (χ3v) is 7.44. The fourth-order valence-electron chi connectivity index (χ4n) is 5.30. The third kappa shape index (κ3) is 5.88. The number of nitrogens with zero attached hydrogens (tertiary/aromatic N) is 3. The molecular weight excluding hydrogens is 467 g/mol. The average Bonchev–Trinajstić information content (AvgIpc) is 3.57. The van der Waals surface area contributed by atoms with Crippen molar-refractivity contribution in [1.29, 1.82) is 0 Å². The minimum absolute atomic E-state index is 0.0268. The molecule has 1 aromatic rings. The van der Waals surface area contributed by atoms with Gasteiger partial charge in [0.2, 0.25) is 0 Å². The smallest absolute Gasteiger partial charge is 0.480 e. The number of carbonyl (C=O) groups is 3. The van der Waals surface area contributed by atoms with Crippen molar-refractivity contribution < 1.29 is 37.8 Å². The van der Waals surface area contributed by atoms with Gasteiger partial charge < -0.3 is 20.0 Å². The molecule has 35 heavy (non-hydrogen) atoms. The maximum atomic E-state index is 13.0. The average molecular weight is 500 g/mol. The van der Waals surface area contributed by atoms with Crippen LogP contribution in [-0.2, 0) is 15.1 Å². The number of hydrogen-bond acceptors (Lipinski definition) is 4. The van der Waals surface area contributed by atoms with Crippen molar-refractivity contribution in [2.24, 2.45) is 5.92 Å². The number of alkyl halides is 3. The molecule has 0 radical (unpaired) electrons. The van der Waals surface area contributed by atoms with Crippen LogP contribution in [0, 0.1) is 5.92 Å². The lowest BCUT2D eigenvalue weighted by molar-refractivity contribution is -0.192. The first-order chi connectivity index (χ1) is 16.3. The lowest BCUT2D eigenvalue weighted by Gasteiger charge is -2.51. The standard InChI is InChI=1S/C22H31N3O3.C2HF3O2/c1-23(2)22(18-6-4-3-5-7-18)12-10-21(11-13-22)16-24(15-19(26)27)20(28)25(21)14-17-8-9-17;3-2(4,5)1(6)7/h3-7,17H,8-16H2,1-2H3,(H,26,27);(H,6,7)/t21-,22+;. The molecule has 3 aliphatic rings. The van der Waals surface area contributed by atoms with Gasteiger partial charge in [-0.1, -0.05) is 30.3 Å². The molecule has 11 heteroatoms. The summed E-state index contributed by atoms with van der Waals surface area (Å²) in [6.45, 7) is 1.14. The van der Waals surface area contributed by atoms with Crippen LogP contribution in [0.4, 0.5) is 18.0 Å². The minimum atomic E-state index is -5.08. The molecule has 0 bridgehead atoms. The Balaban J connectivity index is 0.000000429. The number of carbonyl (C=O) groups excluding carboxylic acids is 1. The molecule has 194 valence electrons. The summed E-state index contributed by atoms with van der Waals surface area (Å²) in [5, 5.41) is 16.4. The van der Waals surface area contributed by atoms with Gasteiger partial charge in [-0.05, 0) is 64.1 Å². The molecule has 1 heterocycles. The fraction of sp³-hybridized carbons (Fsp3) is 0.625. The van der Waals surface area contributed by atoms with Crippen LogP contribution in [0.25, 0.3) is 0 Å². The summed E-state index contributed by atoms with van der Waals surface area (Å²) < 4.78 is 31.7. The van der Waals surface area contributed by atoms with Crippen LogP contribution in [-0.4, -0.2) is 88.3 Å². The maximum absolute atomic E-state index is 13.0. The summed E-state index contributed by atoms with van der Waals surface area (Å²) in [5.74, 6) is -3.09. The first-order valence-corrected chi connectivity index (χ1v) is 11.6. The zero-order chi connectivity index (χ0) is 26.0. The predicted molar refractivity (Wildman–Crippen MR) is 121 cm³/mol. The Morgan fingerprint density at radius 2 is 1.60 bits per heavy atom. The second-order valence-electron chi connectivity index (χ2n) is 9.91. The Morgan fingerprint density at radius 1 is 1.06 bits per heavy atom. The van der Waals surface area contributed by atoms with Gasteiger partial charge in [0, 0.05) is 18.6 Å². The van der Waals surface area contributed by atoms with Gasteiger partial charge in [0.25, 0.3) is 0 Å². The Kier molecular flexibility index (Phi) is 7.68. The van der Waals surface area contributed by atoms with Crippen LogP contribution >= 0.6 is 0 Å². The second kappa shape index (κ2) is 10.0. The van der Waals surface area contributed by atoms with Gasteiger partial charge in [0.1, 0.15) is 6.54 Å². The number of halogens is 3. The number of hydrogen-bond donors (Lipinski definition) is 2. The molecule has 1 spiro atoms. The molecule has 0 atom stereocenters. The highest BCUT2D eigenvalue weighted by atomic mass is 19.4. The highest BCUT2D eigenvalue weighted by molar-refractivity contribution is 5.83. The van der Waals surface area contributed by atoms with Crippen molar-refractivity contribution in [3.05, 3.63) is 35.9 Å². The monoisotopic (exact) mass is 499 g/mol. The van der Waals surface area contributed by atoms with Crippen molar-refractivity contribution >= 4 is 18.0 Å². The zero-order valence-corrected chi connectivity index (χ0v) is 19.9. The largest absolute Gasteiger partial charge is 0.490 e. The summed E-state index contributed by atoms with van der Waals surface area (Å²) in [7, 11) is 4.28. The first-order valence-electron chi connectivity index (χ1n) is 11.6. The van der Waals surface area contributed by atoms with Crippen molar-refractivity contribution in [2.75, 3.05) is 33.7 Å². The van der Waals surface area contributed by atoms with Crippen molar-refractivity contribution in [1.82, 2.24) is 14.7 Å². The third-order valence-electron chi connectivity index (χ3n) is 7.44. The van der Waals surface area contributed by atoms with E-state index in [1.54, 1.807) is 4.90 Å². The molecule has 8 nitrogen and oxygen atoms in total. The van der Waals surface area contributed by atoms with Gasteiger partial charge in [-0.15, -0.1) is 0 Å². The Bertz CT molecular complexity index is 926. The molecular formula is C24H32F3N3O5. The van der Waals surface area contributed by atoms with Gasteiger partial charge >= 0.3 is 24.1 Å². The second-order valence-corrected chi connectivity index (χ2v) is 9.91. The zero-order valence-electron chi connectivity index (χ0n) is 19.9. The van der Waals surface area contributed by atoms with Gasteiger partial charge in [-0.25, -0.2) is 9.59 Å². The van der Waals surface area contributed by atoms with E-state index in [0.29, 0.717) is 12.5 Å². The number of amides is 2. The van der Waals surface area contributed by atoms with E-state index in [2.05, 4.69) is 43.3 Å². The normalized spacial score (nSPS) is 26.6. The maximum Gasteiger partial charge on any atom is 0.490 e. The van der Waals surface area contributed by atoms with Gasteiger partial charge in [0.15, 0.2) is 0 Å². The molecule has 2 N–H and O–H groups in total. The minimum Gasteiger partial charge on any atom is -0.480 e. The molecule has 0 aromatic heterocycles. The van der Waals surface area contributed by atoms with E-state index in [9.17, 15) is 27.9 Å². The lowest BCUT2D eigenvalue weighted by atomic mass is 9.68. The molecule has 4 rings (SSSR count). The van der Waals surface area contributed by atoms with E-state index in [4.69, 9.17) is 9.90 Å². The van der Waals surface area contributed by atoms with E-state index in [1.165, 1.54) is 18.4 Å². The van der Waals surface area contributed by atoms with E-state index in [0.717, 1.165) is 32.2 Å². The van der Waals surface area contributed by atoms with Gasteiger partial charge in [0.05, 0.1) is 5.54 Å². The molecule has 1 aliphatic heterocycles. The first kappa shape index (κ1) is 26.8. The van der Waals surface area contributed by atoms with E-state index in [1.807, 2.05) is 11.0 Å². The lowest BCUT2D eigenvalue weighted by Crippen LogP contribution is -2.55. The Hall–Kier alpha value is -2.82. The number of benzene rings is 1. The summed E-state index contributed by atoms with van der Waals surface area (Å²) in [6, 6.07) is 10.6. The van der Waals surface area contributed by atoms with Crippen LogP contribution in [0.15, 0.2) is 30.3 Å². The van der Waals surface area contributed by atoms with Gasteiger partial charge in [-0.2, -0.15) is 13.2 Å².